The molecular weight excluding hydrogens is 246 g/mol. The number of hydrogen-bond acceptors (Lipinski definition) is 2. The lowest BCUT2D eigenvalue weighted by Crippen LogP contribution is -2.51. The minimum Gasteiger partial charge on any atom is -0.297 e. The van der Waals surface area contributed by atoms with Crippen molar-refractivity contribution in [2.75, 3.05) is 13.1 Å². The monoisotopic (exact) mass is 273 g/mol. The molecule has 20 heavy (non-hydrogen) atoms. The molecule has 0 N–H and O–H groups in total. The molecule has 1 aromatic carbocycles. The second-order valence-electron chi connectivity index (χ2n) is 6.34. The summed E-state index contributed by atoms with van der Waals surface area (Å²) in [4.78, 5) is 15.2. The fraction of sp³-hybridized carbons (Fsp3) is 0.611. The van der Waals surface area contributed by atoms with Crippen LogP contribution >= 0.6 is 0 Å². The lowest BCUT2D eigenvalue weighted by atomic mass is 9.87. The number of Topliss-reactive ketones (excluding diaryl/α,β-unsaturated/α-hetero) is 1. The number of ketones is 1. The average Bonchev–Trinajstić information content (AvgIpc) is 2.96. The maximum Gasteiger partial charge on any atom is 0.157 e. The Bertz CT molecular complexity index is 488. The number of nitrogens with zero attached hydrogens (tertiary/aromatic N) is 1. The third kappa shape index (κ3) is 2.95. The van der Waals surface area contributed by atoms with Crippen molar-refractivity contribution < 1.29 is 4.79 Å². The van der Waals surface area contributed by atoms with E-state index in [-0.39, 0.29) is 5.54 Å². The molecule has 1 atom stereocenters. The van der Waals surface area contributed by atoms with E-state index in [9.17, 15) is 4.79 Å². The van der Waals surface area contributed by atoms with Crippen molar-refractivity contribution >= 4 is 5.78 Å². The van der Waals surface area contributed by atoms with Crippen LogP contribution in [0.15, 0.2) is 18.2 Å². The topological polar surface area (TPSA) is 20.3 Å². The van der Waals surface area contributed by atoms with Gasteiger partial charge in [-0.2, -0.15) is 0 Å². The number of likely N-dealkylation sites (tertiary alicyclic amines) is 1. The number of carbonyl (C=O) groups is 1. The highest BCUT2D eigenvalue weighted by molar-refractivity contribution is 5.89. The van der Waals surface area contributed by atoms with E-state index in [0.29, 0.717) is 12.2 Å². The summed E-state index contributed by atoms with van der Waals surface area (Å²) < 4.78 is 0. The third-order valence-electron chi connectivity index (χ3n) is 5.03. The maximum absolute atomic E-state index is 12.8. The maximum atomic E-state index is 12.8. The fourth-order valence-electron chi connectivity index (χ4n) is 3.10. The first-order valence-corrected chi connectivity index (χ1v) is 7.82. The van der Waals surface area contributed by atoms with E-state index >= 15 is 0 Å². The summed E-state index contributed by atoms with van der Waals surface area (Å²) in [6, 6.07) is 6.38. The molecule has 0 aromatic heterocycles. The van der Waals surface area contributed by atoms with Crippen LogP contribution in [0.4, 0.5) is 0 Å². The average molecular weight is 273 g/mol. The summed E-state index contributed by atoms with van der Waals surface area (Å²) in [5.74, 6) is 0.366. The van der Waals surface area contributed by atoms with Gasteiger partial charge in [0.1, 0.15) is 0 Å². The molecule has 2 nitrogen and oxygen atoms in total. The van der Waals surface area contributed by atoms with Gasteiger partial charge < -0.3 is 0 Å². The van der Waals surface area contributed by atoms with E-state index in [4.69, 9.17) is 0 Å². The van der Waals surface area contributed by atoms with Crippen LogP contribution in [0.2, 0.25) is 0 Å². The Balaban J connectivity index is 2.14. The van der Waals surface area contributed by atoms with Crippen LogP contribution in [0, 0.1) is 13.8 Å². The molecule has 1 heterocycles. The van der Waals surface area contributed by atoms with Gasteiger partial charge in [0.25, 0.3) is 0 Å². The van der Waals surface area contributed by atoms with Gasteiger partial charge in [-0.3, -0.25) is 9.69 Å². The zero-order chi connectivity index (χ0) is 14.8. The first-order chi connectivity index (χ1) is 9.47. The van der Waals surface area contributed by atoms with E-state index in [1.165, 1.54) is 24.0 Å². The van der Waals surface area contributed by atoms with Crippen LogP contribution < -0.4 is 0 Å². The molecule has 110 valence electrons. The summed E-state index contributed by atoms with van der Waals surface area (Å²) >= 11 is 0. The summed E-state index contributed by atoms with van der Waals surface area (Å²) in [6.45, 7) is 10.6. The number of benzene rings is 1. The predicted octanol–water partition coefficient (Wildman–Crippen LogP) is 3.68. The van der Waals surface area contributed by atoms with Crippen molar-refractivity contribution in [3.05, 3.63) is 34.9 Å². The Labute approximate surface area is 123 Å². The van der Waals surface area contributed by atoms with Crippen molar-refractivity contribution in [1.29, 1.82) is 0 Å². The Morgan fingerprint density at radius 3 is 2.40 bits per heavy atom. The Morgan fingerprint density at radius 1 is 1.20 bits per heavy atom. The molecule has 0 spiro atoms. The van der Waals surface area contributed by atoms with Crippen LogP contribution in [0.5, 0.6) is 0 Å². The van der Waals surface area contributed by atoms with E-state index in [2.05, 4.69) is 50.8 Å². The van der Waals surface area contributed by atoms with Crippen molar-refractivity contribution in [2.24, 2.45) is 0 Å². The fourth-order valence-corrected chi connectivity index (χ4v) is 3.10. The Hall–Kier alpha value is -1.15. The Kier molecular flexibility index (Phi) is 4.64. The predicted molar refractivity (Wildman–Crippen MR) is 84.1 cm³/mol. The number of aryl methyl sites for hydroxylation is 2. The van der Waals surface area contributed by atoms with Gasteiger partial charge in [0.2, 0.25) is 0 Å². The molecular formula is C18H27NO. The first kappa shape index (κ1) is 15.2. The molecule has 2 heteroatoms. The summed E-state index contributed by atoms with van der Waals surface area (Å²) in [5.41, 5.74) is 3.43. The standard InChI is InChI=1S/C18H27NO/c1-5-18(4,19-10-6-7-11-19)17(20)13-16-9-8-14(2)15(3)12-16/h8-9,12H,5-7,10-11,13H2,1-4H3. The van der Waals surface area contributed by atoms with Crippen LogP contribution in [-0.2, 0) is 11.2 Å². The smallest absolute Gasteiger partial charge is 0.157 e. The molecule has 1 aromatic rings. The van der Waals surface area contributed by atoms with Gasteiger partial charge in [-0.15, -0.1) is 0 Å². The molecule has 2 rings (SSSR count). The zero-order valence-corrected chi connectivity index (χ0v) is 13.3. The number of carbonyl (C=O) groups excluding carboxylic acids is 1. The van der Waals surface area contributed by atoms with Gasteiger partial charge in [0.15, 0.2) is 5.78 Å². The highest BCUT2D eigenvalue weighted by Crippen LogP contribution is 2.27. The van der Waals surface area contributed by atoms with Crippen molar-refractivity contribution in [3.63, 3.8) is 0 Å². The summed E-state index contributed by atoms with van der Waals surface area (Å²) in [5, 5.41) is 0. The molecule has 0 radical (unpaired) electrons. The molecule has 0 bridgehead atoms. The summed E-state index contributed by atoms with van der Waals surface area (Å²) in [6.07, 6.45) is 3.91. The minimum atomic E-state index is -0.282. The molecule has 1 aliphatic rings. The SMILES string of the molecule is CCC(C)(C(=O)Cc1ccc(C)c(C)c1)N1CCCC1. The minimum absolute atomic E-state index is 0.282. The number of rotatable bonds is 5. The van der Waals surface area contributed by atoms with Crippen LogP contribution in [-0.4, -0.2) is 29.3 Å². The Morgan fingerprint density at radius 2 is 1.85 bits per heavy atom. The quantitative estimate of drug-likeness (QED) is 0.815. The molecule has 1 aliphatic heterocycles. The van der Waals surface area contributed by atoms with Gasteiger partial charge in [-0.05, 0) is 69.8 Å². The third-order valence-corrected chi connectivity index (χ3v) is 5.03. The van der Waals surface area contributed by atoms with Gasteiger partial charge in [-0.1, -0.05) is 25.1 Å². The molecule has 1 unspecified atom stereocenters. The van der Waals surface area contributed by atoms with Gasteiger partial charge in [0, 0.05) is 6.42 Å². The summed E-state index contributed by atoms with van der Waals surface area (Å²) in [7, 11) is 0. The second-order valence-corrected chi connectivity index (χ2v) is 6.34. The van der Waals surface area contributed by atoms with Crippen molar-refractivity contribution in [3.8, 4) is 0 Å². The van der Waals surface area contributed by atoms with Crippen LogP contribution in [0.3, 0.4) is 0 Å². The normalized spacial score (nSPS) is 19.0. The highest BCUT2D eigenvalue weighted by Gasteiger charge is 2.38. The molecule has 0 amide bonds. The highest BCUT2D eigenvalue weighted by atomic mass is 16.1. The molecule has 1 saturated heterocycles. The van der Waals surface area contributed by atoms with Crippen molar-refractivity contribution in [2.45, 2.75) is 58.9 Å². The second kappa shape index (κ2) is 6.09. The van der Waals surface area contributed by atoms with Gasteiger partial charge in [0.05, 0.1) is 5.54 Å². The van der Waals surface area contributed by atoms with E-state index in [1.54, 1.807) is 0 Å². The first-order valence-electron chi connectivity index (χ1n) is 7.82. The zero-order valence-electron chi connectivity index (χ0n) is 13.3. The van der Waals surface area contributed by atoms with E-state index in [0.717, 1.165) is 25.1 Å². The van der Waals surface area contributed by atoms with Gasteiger partial charge >= 0.3 is 0 Å². The van der Waals surface area contributed by atoms with Crippen LogP contribution in [0.1, 0.15) is 49.8 Å². The molecule has 0 saturated carbocycles. The number of hydrogen-bond donors (Lipinski definition) is 0. The molecule has 0 aliphatic carbocycles. The largest absolute Gasteiger partial charge is 0.297 e. The van der Waals surface area contributed by atoms with Crippen molar-refractivity contribution in [1.82, 2.24) is 4.90 Å². The lowest BCUT2D eigenvalue weighted by Gasteiger charge is -2.36. The van der Waals surface area contributed by atoms with Crippen LogP contribution in [0.25, 0.3) is 0 Å². The van der Waals surface area contributed by atoms with E-state index in [1.807, 2.05) is 0 Å². The van der Waals surface area contributed by atoms with E-state index < -0.39 is 0 Å². The molecule has 1 fully saturated rings. The van der Waals surface area contributed by atoms with Gasteiger partial charge in [-0.25, -0.2) is 0 Å². The lowest BCUT2D eigenvalue weighted by molar-refractivity contribution is -0.129.